The number of fused-ring (bicyclic) bond motifs is 6. The standard InChI is InChI=1S/C25H33NO8/c1-25(9-14-12-2-3-13(8-12)15(14)10-25)34-24(29)18-17-19-22(33-23(17)28)21(20(18)32-19)31-16(27)11-26-4-6-30-7-5-26/h12-15,17-22H,2-11H2,1H3. The summed E-state index contributed by atoms with van der Waals surface area (Å²) in [6.07, 6.45) is 3.10. The second-order valence-electron chi connectivity index (χ2n) is 11.8. The van der Waals surface area contributed by atoms with Gasteiger partial charge in [-0.1, -0.05) is 0 Å². The summed E-state index contributed by atoms with van der Waals surface area (Å²) >= 11 is 0. The van der Waals surface area contributed by atoms with Gasteiger partial charge in [0.05, 0.1) is 19.8 Å². The molecule has 0 N–H and O–H groups in total. The Balaban J connectivity index is 1.04. The van der Waals surface area contributed by atoms with Gasteiger partial charge in [-0.05, 0) is 62.7 Å². The van der Waals surface area contributed by atoms with E-state index in [9.17, 15) is 14.4 Å². The van der Waals surface area contributed by atoms with Crippen molar-refractivity contribution in [3.8, 4) is 0 Å². The number of hydrogen-bond donors (Lipinski definition) is 0. The Hall–Kier alpha value is -1.71. The van der Waals surface area contributed by atoms with Crippen molar-refractivity contribution in [1.82, 2.24) is 4.90 Å². The van der Waals surface area contributed by atoms with E-state index in [1.165, 1.54) is 19.3 Å². The predicted octanol–water partition coefficient (Wildman–Crippen LogP) is 0.927. The van der Waals surface area contributed by atoms with Gasteiger partial charge in [-0.3, -0.25) is 19.3 Å². The molecule has 0 aromatic carbocycles. The fraction of sp³-hybridized carbons (Fsp3) is 0.880. The summed E-state index contributed by atoms with van der Waals surface area (Å²) in [6, 6.07) is 0. The maximum absolute atomic E-state index is 13.5. The monoisotopic (exact) mass is 475 g/mol. The van der Waals surface area contributed by atoms with Crippen LogP contribution in [0.25, 0.3) is 0 Å². The van der Waals surface area contributed by atoms with Gasteiger partial charge in [-0.2, -0.15) is 0 Å². The highest BCUT2D eigenvalue weighted by molar-refractivity contribution is 5.87. The molecule has 7 rings (SSSR count). The molecule has 4 bridgehead atoms. The van der Waals surface area contributed by atoms with E-state index in [4.69, 9.17) is 23.7 Å². The summed E-state index contributed by atoms with van der Waals surface area (Å²) in [7, 11) is 0. The Morgan fingerprint density at radius 1 is 1.06 bits per heavy atom. The normalized spacial score (nSPS) is 50.4. The maximum atomic E-state index is 13.5. The first-order valence-electron chi connectivity index (χ1n) is 13.0. The third kappa shape index (κ3) is 3.19. The zero-order valence-corrected chi connectivity index (χ0v) is 19.6. The number of esters is 3. The zero-order chi connectivity index (χ0) is 23.2. The highest BCUT2D eigenvalue weighted by Crippen LogP contribution is 2.62. The van der Waals surface area contributed by atoms with E-state index in [1.54, 1.807) is 0 Å². The minimum atomic E-state index is -0.786. The lowest BCUT2D eigenvalue weighted by Crippen LogP contribution is -2.50. The second-order valence-corrected chi connectivity index (χ2v) is 11.8. The van der Waals surface area contributed by atoms with Crippen LogP contribution < -0.4 is 0 Å². The molecule has 9 nitrogen and oxygen atoms in total. The summed E-state index contributed by atoms with van der Waals surface area (Å²) in [5, 5.41) is 0. The first-order chi connectivity index (χ1) is 16.4. The Kier molecular flexibility index (Phi) is 4.85. The summed E-state index contributed by atoms with van der Waals surface area (Å²) in [5.41, 5.74) is -0.500. The van der Waals surface area contributed by atoms with Gasteiger partial charge in [0, 0.05) is 13.1 Å². The van der Waals surface area contributed by atoms with Crippen LogP contribution in [0.5, 0.6) is 0 Å². The van der Waals surface area contributed by atoms with Crippen molar-refractivity contribution in [2.24, 2.45) is 35.5 Å². The zero-order valence-electron chi connectivity index (χ0n) is 19.6. The van der Waals surface area contributed by atoms with Gasteiger partial charge in [-0.25, -0.2) is 0 Å². The van der Waals surface area contributed by atoms with E-state index in [2.05, 4.69) is 0 Å². The third-order valence-corrected chi connectivity index (χ3v) is 9.86. The summed E-state index contributed by atoms with van der Waals surface area (Å²) in [6.45, 7) is 4.69. The molecular formula is C25H33NO8. The van der Waals surface area contributed by atoms with Gasteiger partial charge in [0.25, 0.3) is 0 Å². The van der Waals surface area contributed by atoms with Crippen molar-refractivity contribution >= 4 is 17.9 Å². The van der Waals surface area contributed by atoms with Crippen molar-refractivity contribution in [3.05, 3.63) is 0 Å². The largest absolute Gasteiger partial charge is 0.459 e. The van der Waals surface area contributed by atoms with E-state index < -0.39 is 59.8 Å². The molecule has 4 saturated heterocycles. The molecule has 7 fully saturated rings. The molecule has 0 spiro atoms. The number of rotatable bonds is 5. The molecule has 4 aliphatic heterocycles. The number of carbonyl (C=O) groups excluding carboxylic acids is 3. The van der Waals surface area contributed by atoms with Crippen LogP contribution in [0.15, 0.2) is 0 Å². The molecular weight excluding hydrogens is 442 g/mol. The van der Waals surface area contributed by atoms with Crippen molar-refractivity contribution in [2.75, 3.05) is 32.8 Å². The van der Waals surface area contributed by atoms with Crippen LogP contribution >= 0.6 is 0 Å². The number of morpholine rings is 1. The Morgan fingerprint density at radius 2 is 1.76 bits per heavy atom. The average molecular weight is 476 g/mol. The Morgan fingerprint density at radius 3 is 2.47 bits per heavy atom. The molecule has 10 atom stereocenters. The van der Waals surface area contributed by atoms with Crippen molar-refractivity contribution in [2.45, 2.75) is 69.0 Å². The molecule has 0 amide bonds. The van der Waals surface area contributed by atoms with E-state index >= 15 is 0 Å². The molecule has 0 aromatic heterocycles. The van der Waals surface area contributed by atoms with Gasteiger partial charge < -0.3 is 23.7 Å². The topological polar surface area (TPSA) is 101 Å². The first-order valence-corrected chi connectivity index (χ1v) is 13.0. The summed E-state index contributed by atoms with van der Waals surface area (Å²) in [4.78, 5) is 40.8. The first kappa shape index (κ1) is 21.6. The fourth-order valence-corrected chi connectivity index (χ4v) is 8.51. The van der Waals surface area contributed by atoms with Gasteiger partial charge in [0.2, 0.25) is 0 Å². The smallest absolute Gasteiger partial charge is 0.320 e. The lowest BCUT2D eigenvalue weighted by molar-refractivity contribution is -0.172. The number of nitrogens with zero attached hydrogens (tertiary/aromatic N) is 1. The minimum absolute atomic E-state index is 0.139. The van der Waals surface area contributed by atoms with Crippen LogP contribution in [0.3, 0.4) is 0 Å². The highest BCUT2D eigenvalue weighted by atomic mass is 16.7. The average Bonchev–Trinajstić information content (AvgIpc) is 3.60. The van der Waals surface area contributed by atoms with Crippen molar-refractivity contribution in [3.63, 3.8) is 0 Å². The van der Waals surface area contributed by atoms with Crippen LogP contribution in [0, 0.1) is 35.5 Å². The Labute approximate surface area is 198 Å². The fourth-order valence-electron chi connectivity index (χ4n) is 8.51. The molecule has 0 radical (unpaired) electrons. The van der Waals surface area contributed by atoms with E-state index in [-0.39, 0.29) is 6.54 Å². The molecule has 4 heterocycles. The van der Waals surface area contributed by atoms with E-state index in [0.717, 1.165) is 24.7 Å². The Bertz CT molecular complexity index is 883. The summed E-state index contributed by atoms with van der Waals surface area (Å²) in [5.74, 6) is 0.162. The van der Waals surface area contributed by atoms with Crippen LogP contribution in [-0.2, 0) is 38.1 Å². The SMILES string of the molecule is CC1(OC(=O)C2C3OC4C(OC(=O)C42)C3OC(=O)CN2CCOCC2)CC2C3CCC(C3)C2C1. The molecule has 7 aliphatic rings. The molecule has 3 aliphatic carbocycles. The number of hydrogen-bond acceptors (Lipinski definition) is 9. The molecule has 34 heavy (non-hydrogen) atoms. The van der Waals surface area contributed by atoms with Crippen molar-refractivity contribution < 1.29 is 38.1 Å². The molecule has 3 saturated carbocycles. The van der Waals surface area contributed by atoms with Crippen LogP contribution in [0.4, 0.5) is 0 Å². The van der Waals surface area contributed by atoms with Crippen LogP contribution in [0.1, 0.15) is 39.0 Å². The molecule has 0 aromatic rings. The number of carbonyl (C=O) groups is 3. The van der Waals surface area contributed by atoms with Gasteiger partial charge in [-0.15, -0.1) is 0 Å². The quantitative estimate of drug-likeness (QED) is 0.425. The van der Waals surface area contributed by atoms with Gasteiger partial charge >= 0.3 is 17.9 Å². The van der Waals surface area contributed by atoms with Crippen LogP contribution in [-0.4, -0.2) is 85.7 Å². The van der Waals surface area contributed by atoms with Gasteiger partial charge in [0.15, 0.2) is 12.2 Å². The van der Waals surface area contributed by atoms with E-state index in [1.807, 2.05) is 11.8 Å². The van der Waals surface area contributed by atoms with Crippen molar-refractivity contribution in [1.29, 1.82) is 0 Å². The lowest BCUT2D eigenvalue weighted by atomic mass is 9.78. The lowest BCUT2D eigenvalue weighted by Gasteiger charge is -2.32. The molecule has 10 unspecified atom stereocenters. The predicted molar refractivity (Wildman–Crippen MR) is 114 cm³/mol. The highest BCUT2D eigenvalue weighted by Gasteiger charge is 2.72. The number of ether oxygens (including phenoxy) is 5. The minimum Gasteiger partial charge on any atom is -0.459 e. The summed E-state index contributed by atoms with van der Waals surface area (Å²) < 4.78 is 28.8. The maximum Gasteiger partial charge on any atom is 0.320 e. The second kappa shape index (κ2) is 7.64. The molecule has 186 valence electrons. The molecule has 9 heteroatoms. The van der Waals surface area contributed by atoms with E-state index in [0.29, 0.717) is 38.1 Å². The van der Waals surface area contributed by atoms with Gasteiger partial charge in [0.1, 0.15) is 29.6 Å². The third-order valence-electron chi connectivity index (χ3n) is 9.86. The van der Waals surface area contributed by atoms with Crippen LogP contribution in [0.2, 0.25) is 0 Å².